The first-order chi connectivity index (χ1) is 10.6. The molecule has 0 spiro atoms. The van der Waals surface area contributed by atoms with Crippen LogP contribution in [0.2, 0.25) is 0 Å². The van der Waals surface area contributed by atoms with Crippen molar-refractivity contribution >= 4 is 0 Å². The third-order valence-corrected chi connectivity index (χ3v) is 4.84. The monoisotopic (exact) mass is 305 g/mol. The number of piperidine rings is 1. The summed E-state index contributed by atoms with van der Waals surface area (Å²) in [4.78, 5) is 2.36. The maximum Gasteiger partial charge on any atom is 0.122 e. The van der Waals surface area contributed by atoms with Gasteiger partial charge in [0.05, 0.1) is 0 Å². The van der Waals surface area contributed by atoms with E-state index in [9.17, 15) is 5.11 Å². The number of rotatable bonds is 7. The van der Waals surface area contributed by atoms with E-state index in [0.29, 0.717) is 12.5 Å². The van der Waals surface area contributed by atoms with Crippen molar-refractivity contribution in [3.8, 4) is 5.75 Å². The second-order valence-corrected chi connectivity index (χ2v) is 6.80. The molecule has 3 heteroatoms. The average Bonchev–Trinajstić information content (AvgIpc) is 2.54. The molecule has 0 amide bonds. The molecule has 0 aliphatic carbocycles. The van der Waals surface area contributed by atoms with Crippen LogP contribution in [0.25, 0.3) is 0 Å². The minimum absolute atomic E-state index is 0.375. The fourth-order valence-electron chi connectivity index (χ4n) is 3.02. The van der Waals surface area contributed by atoms with Crippen molar-refractivity contribution in [3.63, 3.8) is 0 Å². The molecular formula is C19H31NO2. The highest BCUT2D eigenvalue weighted by molar-refractivity contribution is 5.35. The van der Waals surface area contributed by atoms with Crippen LogP contribution < -0.4 is 4.74 Å². The lowest BCUT2D eigenvalue weighted by Crippen LogP contribution is -2.40. The highest BCUT2D eigenvalue weighted by Crippen LogP contribution is 2.28. The van der Waals surface area contributed by atoms with E-state index in [-0.39, 0.29) is 0 Å². The largest absolute Gasteiger partial charge is 0.491 e. The number of hydrogen-bond donors (Lipinski definition) is 1. The molecule has 0 aromatic heterocycles. The first-order valence-corrected chi connectivity index (χ1v) is 8.72. The molecule has 1 aromatic carbocycles. The number of β-amino-alcohol motifs (C(OH)–C–C–N with tert-alkyl or cyclic N) is 1. The Kier molecular flexibility index (Phi) is 6.71. The summed E-state index contributed by atoms with van der Waals surface area (Å²) in [5.41, 5.74) is 1.24. The summed E-state index contributed by atoms with van der Waals surface area (Å²) in [6, 6.07) is 8.19. The van der Waals surface area contributed by atoms with Crippen LogP contribution in [0.3, 0.4) is 0 Å². The van der Waals surface area contributed by atoms with E-state index >= 15 is 0 Å². The maximum atomic E-state index is 10.2. The van der Waals surface area contributed by atoms with Crippen LogP contribution in [-0.4, -0.2) is 42.4 Å². The number of aliphatic hydroxyl groups is 1. The van der Waals surface area contributed by atoms with Gasteiger partial charge in [-0.3, -0.25) is 0 Å². The van der Waals surface area contributed by atoms with Gasteiger partial charge in [0.1, 0.15) is 18.5 Å². The fourth-order valence-corrected chi connectivity index (χ4v) is 3.02. The molecule has 0 bridgehead atoms. The normalized spacial score (nSPS) is 19.8. The highest BCUT2D eigenvalue weighted by Gasteiger charge is 2.19. The Morgan fingerprint density at radius 3 is 2.64 bits per heavy atom. The van der Waals surface area contributed by atoms with Gasteiger partial charge in [-0.15, -0.1) is 0 Å². The smallest absolute Gasteiger partial charge is 0.122 e. The SMILES string of the molecule is CC[C@@H](C)c1ccccc1OC[C@@H](O)CN1CCC(C)CC1. The first-order valence-electron chi connectivity index (χ1n) is 8.72. The van der Waals surface area contributed by atoms with Crippen molar-refractivity contribution in [1.29, 1.82) is 0 Å². The van der Waals surface area contributed by atoms with Crippen molar-refractivity contribution in [2.45, 2.75) is 52.1 Å². The van der Waals surface area contributed by atoms with Gasteiger partial charge in [0.2, 0.25) is 0 Å². The summed E-state index contributed by atoms with van der Waals surface area (Å²) in [6.07, 6.45) is 3.16. The predicted octanol–water partition coefficient (Wildman–Crippen LogP) is 3.67. The van der Waals surface area contributed by atoms with E-state index < -0.39 is 6.10 Å². The summed E-state index contributed by atoms with van der Waals surface area (Å²) in [5, 5.41) is 10.2. The standard InChI is InChI=1S/C19H31NO2/c1-4-16(3)18-7-5-6-8-19(18)22-14-17(21)13-20-11-9-15(2)10-12-20/h5-8,15-17,21H,4,9-14H2,1-3H3/t16-,17+/m1/s1. The van der Waals surface area contributed by atoms with E-state index in [1.165, 1.54) is 18.4 Å². The third kappa shape index (κ3) is 4.99. The van der Waals surface area contributed by atoms with Gasteiger partial charge in [0.15, 0.2) is 0 Å². The molecule has 1 aromatic rings. The number of ether oxygens (including phenoxy) is 1. The zero-order chi connectivity index (χ0) is 15.9. The molecule has 124 valence electrons. The quantitative estimate of drug-likeness (QED) is 0.834. The van der Waals surface area contributed by atoms with Crippen molar-refractivity contribution in [1.82, 2.24) is 4.90 Å². The van der Waals surface area contributed by atoms with Crippen LogP contribution in [0.15, 0.2) is 24.3 Å². The van der Waals surface area contributed by atoms with Gasteiger partial charge in [-0.25, -0.2) is 0 Å². The molecule has 1 heterocycles. The number of benzene rings is 1. The molecule has 1 fully saturated rings. The van der Waals surface area contributed by atoms with Crippen LogP contribution in [-0.2, 0) is 0 Å². The van der Waals surface area contributed by atoms with Crippen LogP contribution in [0.4, 0.5) is 0 Å². The van der Waals surface area contributed by atoms with Crippen molar-refractivity contribution < 1.29 is 9.84 Å². The van der Waals surface area contributed by atoms with E-state index in [1.54, 1.807) is 0 Å². The summed E-state index contributed by atoms with van der Waals surface area (Å²) in [5.74, 6) is 2.23. The van der Waals surface area contributed by atoms with Gasteiger partial charge < -0.3 is 14.7 Å². The summed E-state index contributed by atoms with van der Waals surface area (Å²) < 4.78 is 5.91. The minimum Gasteiger partial charge on any atom is -0.491 e. The Morgan fingerprint density at radius 1 is 1.27 bits per heavy atom. The predicted molar refractivity (Wildman–Crippen MR) is 91.5 cm³/mol. The zero-order valence-electron chi connectivity index (χ0n) is 14.3. The number of nitrogens with zero attached hydrogens (tertiary/aromatic N) is 1. The van der Waals surface area contributed by atoms with Crippen LogP contribution in [0, 0.1) is 5.92 Å². The Morgan fingerprint density at radius 2 is 1.95 bits per heavy atom. The second kappa shape index (κ2) is 8.54. The topological polar surface area (TPSA) is 32.7 Å². The fraction of sp³-hybridized carbons (Fsp3) is 0.684. The Bertz CT molecular complexity index is 441. The zero-order valence-corrected chi connectivity index (χ0v) is 14.3. The molecule has 0 radical (unpaired) electrons. The van der Waals surface area contributed by atoms with E-state index in [4.69, 9.17) is 4.74 Å². The molecule has 0 saturated carbocycles. The maximum absolute atomic E-state index is 10.2. The minimum atomic E-state index is -0.418. The second-order valence-electron chi connectivity index (χ2n) is 6.80. The average molecular weight is 305 g/mol. The van der Waals surface area contributed by atoms with Gasteiger partial charge in [0.25, 0.3) is 0 Å². The van der Waals surface area contributed by atoms with Crippen molar-refractivity contribution in [2.75, 3.05) is 26.2 Å². The van der Waals surface area contributed by atoms with Gasteiger partial charge in [0, 0.05) is 6.54 Å². The van der Waals surface area contributed by atoms with Crippen molar-refractivity contribution in [3.05, 3.63) is 29.8 Å². The summed E-state index contributed by atoms with van der Waals surface area (Å²) in [6.45, 7) is 10.0. The van der Waals surface area contributed by atoms with Crippen LogP contribution in [0.5, 0.6) is 5.75 Å². The molecule has 1 saturated heterocycles. The van der Waals surface area contributed by atoms with E-state index in [1.807, 2.05) is 12.1 Å². The molecule has 2 rings (SSSR count). The number of hydrogen-bond acceptors (Lipinski definition) is 3. The van der Waals surface area contributed by atoms with E-state index in [2.05, 4.69) is 37.8 Å². The number of likely N-dealkylation sites (tertiary alicyclic amines) is 1. The molecule has 2 atom stereocenters. The van der Waals surface area contributed by atoms with Crippen molar-refractivity contribution in [2.24, 2.45) is 5.92 Å². The molecule has 0 unspecified atom stereocenters. The summed E-state index contributed by atoms with van der Waals surface area (Å²) >= 11 is 0. The van der Waals surface area contributed by atoms with Gasteiger partial charge >= 0.3 is 0 Å². The summed E-state index contributed by atoms with van der Waals surface area (Å²) in [7, 11) is 0. The molecular weight excluding hydrogens is 274 g/mol. The molecule has 1 aliphatic heterocycles. The molecule has 3 nitrogen and oxygen atoms in total. The highest BCUT2D eigenvalue weighted by atomic mass is 16.5. The third-order valence-electron chi connectivity index (χ3n) is 4.84. The van der Waals surface area contributed by atoms with Gasteiger partial charge in [-0.2, -0.15) is 0 Å². The van der Waals surface area contributed by atoms with Crippen LogP contribution in [0.1, 0.15) is 51.5 Å². The Labute approximate surface area is 135 Å². The number of aliphatic hydroxyl groups excluding tert-OH is 1. The molecule has 1 aliphatic rings. The van der Waals surface area contributed by atoms with Gasteiger partial charge in [-0.05, 0) is 55.8 Å². The van der Waals surface area contributed by atoms with Gasteiger partial charge in [-0.1, -0.05) is 39.0 Å². The molecule has 1 N–H and O–H groups in total. The lowest BCUT2D eigenvalue weighted by molar-refractivity contribution is 0.0559. The molecule has 22 heavy (non-hydrogen) atoms. The Balaban J connectivity index is 1.82. The van der Waals surface area contributed by atoms with Crippen LogP contribution >= 0.6 is 0 Å². The first kappa shape index (κ1) is 17.3. The lowest BCUT2D eigenvalue weighted by Gasteiger charge is -2.31. The number of para-hydroxylation sites is 1. The lowest BCUT2D eigenvalue weighted by atomic mass is 9.98. The Hall–Kier alpha value is -1.06. The van der Waals surface area contributed by atoms with E-state index in [0.717, 1.165) is 37.7 Å².